The summed E-state index contributed by atoms with van der Waals surface area (Å²) in [6.07, 6.45) is 1.74. The van der Waals surface area contributed by atoms with Gasteiger partial charge in [-0.3, -0.25) is 4.98 Å². The molecule has 0 atom stereocenters. The highest BCUT2D eigenvalue weighted by Crippen LogP contribution is 2.04. The van der Waals surface area contributed by atoms with Gasteiger partial charge in [0.2, 0.25) is 0 Å². The zero-order valence-electron chi connectivity index (χ0n) is 12.0. The molecule has 104 valence electrons. The van der Waals surface area contributed by atoms with E-state index in [-0.39, 0.29) is 0 Å². The maximum Gasteiger partial charge on any atom is 0.117 e. The number of pyridine rings is 1. The van der Waals surface area contributed by atoms with Gasteiger partial charge in [0.05, 0.1) is 11.4 Å². The van der Waals surface area contributed by atoms with Gasteiger partial charge in [-0.25, -0.2) is 0 Å². The van der Waals surface area contributed by atoms with E-state index in [1.54, 1.807) is 0 Å². The van der Waals surface area contributed by atoms with Crippen LogP contribution in [0.25, 0.3) is 0 Å². The molecule has 0 saturated carbocycles. The number of rotatable bonds is 7. The lowest BCUT2D eigenvalue weighted by molar-refractivity contribution is 0.141. The summed E-state index contributed by atoms with van der Waals surface area (Å²) in [6.45, 7) is 6.28. The topological polar surface area (TPSA) is 56.1 Å². The molecule has 0 bridgehead atoms. The predicted octanol–water partition coefficient (Wildman–Crippen LogP) is 2.80. The minimum atomic E-state index is 0.599. The van der Waals surface area contributed by atoms with E-state index in [0.717, 1.165) is 35.7 Å². The molecule has 1 aromatic rings. The molecule has 19 heavy (non-hydrogen) atoms. The lowest BCUT2D eigenvalue weighted by Crippen LogP contribution is -2.03. The van der Waals surface area contributed by atoms with Crippen LogP contribution in [0.3, 0.4) is 0 Å². The summed E-state index contributed by atoms with van der Waals surface area (Å²) in [5, 5.41) is 7.76. The number of hydrogen-bond donors (Lipinski definition) is 0. The molecule has 0 spiro atoms. The molecule has 0 radical (unpaired) electrons. The highest BCUT2D eigenvalue weighted by molar-refractivity contribution is 5.96. The minimum Gasteiger partial charge on any atom is -0.399 e. The van der Waals surface area contributed by atoms with Crippen molar-refractivity contribution >= 4 is 11.4 Å². The summed E-state index contributed by atoms with van der Waals surface area (Å²) in [5.41, 5.74) is 3.55. The van der Waals surface area contributed by atoms with E-state index in [1.165, 1.54) is 7.11 Å². The lowest BCUT2D eigenvalue weighted by atomic mass is 10.2. The van der Waals surface area contributed by atoms with Gasteiger partial charge in [0.1, 0.15) is 19.4 Å². The Morgan fingerprint density at radius 2 is 2.00 bits per heavy atom. The molecule has 0 saturated heterocycles. The van der Waals surface area contributed by atoms with E-state index in [9.17, 15) is 0 Å². The van der Waals surface area contributed by atoms with Gasteiger partial charge in [0.25, 0.3) is 0 Å². The fraction of sp³-hybridized carbons (Fsp3) is 0.500. The number of oxime groups is 2. The average Bonchev–Trinajstić information content (AvgIpc) is 2.38. The van der Waals surface area contributed by atoms with Crippen molar-refractivity contribution in [1.29, 1.82) is 0 Å². The Balaban J connectivity index is 2.49. The van der Waals surface area contributed by atoms with Crippen LogP contribution in [0.2, 0.25) is 0 Å². The lowest BCUT2D eigenvalue weighted by Gasteiger charge is -2.04. The maximum absolute atomic E-state index is 5.15. The van der Waals surface area contributed by atoms with Crippen LogP contribution in [0.1, 0.15) is 38.6 Å². The number of aromatic nitrogens is 1. The Morgan fingerprint density at radius 3 is 2.68 bits per heavy atom. The average molecular weight is 263 g/mol. The molecule has 1 rings (SSSR count). The number of nitrogens with zero attached hydrogens (tertiary/aromatic N) is 3. The van der Waals surface area contributed by atoms with Gasteiger partial charge in [-0.05, 0) is 45.7 Å². The number of hydrogen-bond acceptors (Lipinski definition) is 5. The highest BCUT2D eigenvalue weighted by Gasteiger charge is 2.02. The first-order chi connectivity index (χ1) is 9.13. The summed E-state index contributed by atoms with van der Waals surface area (Å²) >= 11 is 0. The molecule has 0 fully saturated rings. The first kappa shape index (κ1) is 15.1. The van der Waals surface area contributed by atoms with Gasteiger partial charge in [-0.2, -0.15) is 0 Å². The third-order valence-electron chi connectivity index (χ3n) is 2.32. The predicted molar refractivity (Wildman–Crippen MR) is 76.5 cm³/mol. The fourth-order valence-electron chi connectivity index (χ4n) is 1.50. The van der Waals surface area contributed by atoms with Crippen molar-refractivity contribution < 1.29 is 9.68 Å². The highest BCUT2D eigenvalue weighted by atomic mass is 16.6. The Kier molecular flexibility index (Phi) is 6.57. The normalized spacial score (nSPS) is 11.1. The van der Waals surface area contributed by atoms with E-state index in [4.69, 9.17) is 9.68 Å². The van der Waals surface area contributed by atoms with Gasteiger partial charge >= 0.3 is 0 Å². The monoisotopic (exact) mass is 263 g/mol. The minimum absolute atomic E-state index is 0.599. The van der Waals surface area contributed by atoms with Crippen molar-refractivity contribution in [1.82, 2.24) is 4.98 Å². The third-order valence-corrected chi connectivity index (χ3v) is 2.32. The molecule has 5 nitrogen and oxygen atoms in total. The van der Waals surface area contributed by atoms with Crippen LogP contribution in [-0.4, -0.2) is 30.1 Å². The van der Waals surface area contributed by atoms with E-state index < -0.39 is 0 Å². The Labute approximate surface area is 114 Å². The summed E-state index contributed by atoms with van der Waals surface area (Å²) in [4.78, 5) is 14.4. The van der Waals surface area contributed by atoms with Crippen molar-refractivity contribution in [2.45, 2.75) is 33.6 Å². The second-order valence-electron chi connectivity index (χ2n) is 4.35. The SMILES string of the molecule is CO/N=C(\C)c1cccc(CCCON=C(C)C)n1. The molecule has 0 aliphatic carbocycles. The summed E-state index contributed by atoms with van der Waals surface area (Å²) in [6, 6.07) is 5.89. The molecule has 1 aromatic heterocycles. The van der Waals surface area contributed by atoms with Crippen LogP contribution in [0, 0.1) is 0 Å². The first-order valence-corrected chi connectivity index (χ1v) is 6.30. The molecule has 0 aliphatic rings. The van der Waals surface area contributed by atoms with Crippen LogP contribution < -0.4 is 0 Å². The number of aryl methyl sites for hydroxylation is 1. The van der Waals surface area contributed by atoms with Crippen molar-refractivity contribution in [2.24, 2.45) is 10.3 Å². The van der Waals surface area contributed by atoms with Crippen molar-refractivity contribution in [3.63, 3.8) is 0 Å². The van der Waals surface area contributed by atoms with Crippen LogP contribution >= 0.6 is 0 Å². The van der Waals surface area contributed by atoms with E-state index in [2.05, 4.69) is 15.3 Å². The smallest absolute Gasteiger partial charge is 0.117 e. The van der Waals surface area contributed by atoms with Crippen LogP contribution in [0.15, 0.2) is 28.5 Å². The van der Waals surface area contributed by atoms with Crippen molar-refractivity contribution in [3.8, 4) is 0 Å². The Hall–Kier alpha value is -1.91. The van der Waals surface area contributed by atoms with Crippen LogP contribution in [0.4, 0.5) is 0 Å². The molecule has 0 N–H and O–H groups in total. The summed E-state index contributed by atoms with van der Waals surface area (Å²) in [5.74, 6) is 0. The molecule has 0 amide bonds. The van der Waals surface area contributed by atoms with Crippen molar-refractivity contribution in [2.75, 3.05) is 13.7 Å². The van der Waals surface area contributed by atoms with Gasteiger partial charge in [0, 0.05) is 5.69 Å². The standard InChI is InChI=1S/C14H21N3O2/c1-11(2)16-19-10-6-8-13-7-5-9-14(15-13)12(3)17-18-4/h5,7,9H,6,8,10H2,1-4H3/b17-12+. The fourth-order valence-corrected chi connectivity index (χ4v) is 1.50. The Morgan fingerprint density at radius 1 is 1.21 bits per heavy atom. The van der Waals surface area contributed by atoms with E-state index >= 15 is 0 Å². The first-order valence-electron chi connectivity index (χ1n) is 6.30. The molecular weight excluding hydrogens is 242 g/mol. The van der Waals surface area contributed by atoms with Gasteiger partial charge in [-0.15, -0.1) is 0 Å². The molecule has 5 heteroatoms. The maximum atomic E-state index is 5.15. The molecule has 0 aromatic carbocycles. The largest absolute Gasteiger partial charge is 0.399 e. The molecule has 0 aliphatic heterocycles. The summed E-state index contributed by atoms with van der Waals surface area (Å²) in [7, 11) is 1.53. The summed E-state index contributed by atoms with van der Waals surface area (Å²) < 4.78 is 0. The zero-order valence-corrected chi connectivity index (χ0v) is 12.0. The van der Waals surface area contributed by atoms with Gasteiger partial charge in [-0.1, -0.05) is 16.4 Å². The molecule has 1 heterocycles. The Bertz CT molecular complexity index is 452. The molecular formula is C14H21N3O2. The van der Waals surface area contributed by atoms with E-state index in [0.29, 0.717) is 6.61 Å². The second-order valence-corrected chi connectivity index (χ2v) is 4.35. The zero-order chi connectivity index (χ0) is 14.1. The van der Waals surface area contributed by atoms with E-state index in [1.807, 2.05) is 39.0 Å². The van der Waals surface area contributed by atoms with Crippen LogP contribution in [0.5, 0.6) is 0 Å². The van der Waals surface area contributed by atoms with Gasteiger partial charge in [0.15, 0.2) is 0 Å². The van der Waals surface area contributed by atoms with Crippen LogP contribution in [-0.2, 0) is 16.1 Å². The third kappa shape index (κ3) is 5.99. The molecule has 0 unspecified atom stereocenters. The van der Waals surface area contributed by atoms with Gasteiger partial charge < -0.3 is 9.68 Å². The quantitative estimate of drug-likeness (QED) is 0.432. The van der Waals surface area contributed by atoms with Crippen molar-refractivity contribution in [3.05, 3.63) is 29.6 Å². The second kappa shape index (κ2) is 8.24.